The van der Waals surface area contributed by atoms with Crippen molar-refractivity contribution in [1.82, 2.24) is 9.88 Å². The van der Waals surface area contributed by atoms with Gasteiger partial charge in [0.05, 0.1) is 29.8 Å². The molecule has 0 bridgehead atoms. The molecule has 29 heavy (non-hydrogen) atoms. The van der Waals surface area contributed by atoms with Gasteiger partial charge in [-0.05, 0) is 50.5 Å². The predicted octanol–water partition coefficient (Wildman–Crippen LogP) is 3.40. The van der Waals surface area contributed by atoms with Crippen molar-refractivity contribution in [2.45, 2.75) is 52.4 Å². The van der Waals surface area contributed by atoms with Gasteiger partial charge in [-0.15, -0.1) is 0 Å². The van der Waals surface area contributed by atoms with E-state index in [1.807, 2.05) is 39.0 Å². The van der Waals surface area contributed by atoms with E-state index in [9.17, 15) is 9.59 Å². The van der Waals surface area contributed by atoms with Crippen LogP contribution in [0.2, 0.25) is 5.02 Å². The highest BCUT2D eigenvalue weighted by Gasteiger charge is 2.31. The third kappa shape index (κ3) is 3.79. The Morgan fingerprint density at radius 3 is 2.79 bits per heavy atom. The second-order valence-corrected chi connectivity index (χ2v) is 8.23. The molecule has 0 aliphatic carbocycles. The molecule has 154 valence electrons. The fourth-order valence-electron chi connectivity index (χ4n) is 4.09. The molecule has 6 nitrogen and oxygen atoms in total. The van der Waals surface area contributed by atoms with E-state index < -0.39 is 0 Å². The number of amides is 1. The predicted molar refractivity (Wildman–Crippen MR) is 111 cm³/mol. The third-order valence-electron chi connectivity index (χ3n) is 5.77. The van der Waals surface area contributed by atoms with Crippen LogP contribution in [0.1, 0.15) is 46.1 Å². The normalized spacial score (nSPS) is 21.4. The number of pyridine rings is 1. The Hall–Kier alpha value is -2.31. The number of aryl methyl sites for hydroxylation is 2. The molecule has 4 rings (SSSR count). The van der Waals surface area contributed by atoms with Crippen LogP contribution in [0.25, 0.3) is 0 Å². The lowest BCUT2D eigenvalue weighted by molar-refractivity contribution is 0.0668. The maximum absolute atomic E-state index is 13.2. The number of halogens is 1. The molecule has 1 fully saturated rings. The van der Waals surface area contributed by atoms with E-state index in [1.165, 1.54) is 0 Å². The number of carbonyl (C=O) groups excluding carboxylic acids is 1. The minimum atomic E-state index is -0.170. The molecule has 1 amide bonds. The van der Waals surface area contributed by atoms with Gasteiger partial charge in [-0.3, -0.25) is 9.59 Å². The minimum Gasteiger partial charge on any atom is -0.486 e. The number of carbonyl (C=O) groups is 1. The highest BCUT2D eigenvalue weighted by atomic mass is 35.5. The highest BCUT2D eigenvalue weighted by Crippen LogP contribution is 2.36. The molecule has 1 aromatic heterocycles. The van der Waals surface area contributed by atoms with Gasteiger partial charge in [0.1, 0.15) is 11.9 Å². The third-order valence-corrected chi connectivity index (χ3v) is 6.15. The summed E-state index contributed by atoms with van der Waals surface area (Å²) in [5, 5.41) is 0.339. The summed E-state index contributed by atoms with van der Waals surface area (Å²) in [5.74, 6) is 0.337. The number of nitrogens with one attached hydrogen (secondary N) is 1. The van der Waals surface area contributed by atoms with Crippen LogP contribution in [-0.4, -0.2) is 41.2 Å². The van der Waals surface area contributed by atoms with E-state index in [0.29, 0.717) is 41.5 Å². The summed E-state index contributed by atoms with van der Waals surface area (Å²) in [4.78, 5) is 30.1. The molecular formula is C22H25ClN2O4. The lowest BCUT2D eigenvalue weighted by atomic mass is 9.97. The molecule has 2 unspecified atom stereocenters. The molecule has 3 heterocycles. The molecule has 1 aromatic carbocycles. The highest BCUT2D eigenvalue weighted by molar-refractivity contribution is 6.35. The van der Waals surface area contributed by atoms with Crippen LogP contribution in [0, 0.1) is 13.8 Å². The first-order valence-corrected chi connectivity index (χ1v) is 10.3. The van der Waals surface area contributed by atoms with Gasteiger partial charge in [0.15, 0.2) is 0 Å². The maximum atomic E-state index is 13.2. The average Bonchev–Trinajstić information content (AvgIpc) is 3.06. The van der Waals surface area contributed by atoms with Crippen molar-refractivity contribution in [1.29, 1.82) is 0 Å². The molecule has 2 aliphatic rings. The van der Waals surface area contributed by atoms with Gasteiger partial charge in [0, 0.05) is 24.2 Å². The number of ether oxygens (including phenoxy) is 2. The number of hydrogen-bond donors (Lipinski definition) is 1. The molecule has 2 atom stereocenters. The molecule has 7 heteroatoms. The molecule has 2 aliphatic heterocycles. The van der Waals surface area contributed by atoms with Gasteiger partial charge in [-0.1, -0.05) is 17.7 Å². The number of nitrogens with zero attached hydrogens (tertiary/aromatic N) is 1. The number of benzene rings is 1. The number of fused-ring (bicyclic) bond motifs is 1. The standard InChI is InChI=1S/C22H25ClN2O4/c1-12-10-13(2)24-21(26)16(12)11-25-8-6-15-4-5-18(20(23)19(15)22(25)27)29-17-7-9-28-14(17)3/h4-5,10,14,17H,6-9,11H2,1-3H3,(H,24,26). The van der Waals surface area contributed by atoms with E-state index in [1.54, 1.807) is 4.90 Å². The van der Waals surface area contributed by atoms with Crippen molar-refractivity contribution in [3.63, 3.8) is 0 Å². The summed E-state index contributed by atoms with van der Waals surface area (Å²) in [7, 11) is 0. The van der Waals surface area contributed by atoms with E-state index in [2.05, 4.69) is 4.98 Å². The zero-order valence-corrected chi connectivity index (χ0v) is 17.6. The second-order valence-electron chi connectivity index (χ2n) is 7.85. The zero-order valence-electron chi connectivity index (χ0n) is 16.9. The van der Waals surface area contributed by atoms with E-state index >= 15 is 0 Å². The zero-order chi connectivity index (χ0) is 20.7. The van der Waals surface area contributed by atoms with E-state index in [0.717, 1.165) is 23.2 Å². The van der Waals surface area contributed by atoms with Crippen molar-refractivity contribution in [2.75, 3.05) is 13.2 Å². The fourth-order valence-corrected chi connectivity index (χ4v) is 4.40. The van der Waals surface area contributed by atoms with Gasteiger partial charge >= 0.3 is 0 Å². The first-order chi connectivity index (χ1) is 13.8. The van der Waals surface area contributed by atoms with E-state index in [-0.39, 0.29) is 30.2 Å². The lowest BCUT2D eigenvalue weighted by Gasteiger charge is -2.30. The van der Waals surface area contributed by atoms with Gasteiger partial charge in [0.2, 0.25) is 0 Å². The Morgan fingerprint density at radius 2 is 2.10 bits per heavy atom. The molecule has 0 saturated carbocycles. The van der Waals surface area contributed by atoms with E-state index in [4.69, 9.17) is 21.1 Å². The largest absolute Gasteiger partial charge is 0.486 e. The molecule has 1 N–H and O–H groups in total. The van der Waals surface area contributed by atoms with Gasteiger partial charge < -0.3 is 19.4 Å². The number of H-pyrrole nitrogens is 1. The molecular weight excluding hydrogens is 392 g/mol. The molecule has 1 saturated heterocycles. The first-order valence-electron chi connectivity index (χ1n) is 9.93. The Kier molecular flexibility index (Phi) is 5.40. The maximum Gasteiger partial charge on any atom is 0.256 e. The smallest absolute Gasteiger partial charge is 0.256 e. The summed E-state index contributed by atoms with van der Waals surface area (Å²) in [6.07, 6.45) is 1.40. The quantitative estimate of drug-likeness (QED) is 0.829. The number of hydrogen-bond acceptors (Lipinski definition) is 4. The SMILES string of the molecule is Cc1cc(C)c(CN2CCc3ccc(OC4CCOC4C)c(Cl)c3C2=O)c(=O)[nH]1. The van der Waals surface area contributed by atoms with Crippen molar-refractivity contribution in [2.24, 2.45) is 0 Å². The van der Waals surface area contributed by atoms with Crippen LogP contribution in [0.3, 0.4) is 0 Å². The topological polar surface area (TPSA) is 71.6 Å². The van der Waals surface area contributed by atoms with Crippen LogP contribution in [0.15, 0.2) is 23.0 Å². The van der Waals surface area contributed by atoms with Crippen molar-refractivity contribution >= 4 is 17.5 Å². The summed E-state index contributed by atoms with van der Waals surface area (Å²) in [6, 6.07) is 5.67. The molecule has 0 radical (unpaired) electrons. The summed E-state index contributed by atoms with van der Waals surface area (Å²) >= 11 is 6.62. The lowest BCUT2D eigenvalue weighted by Crippen LogP contribution is -2.39. The summed E-state index contributed by atoms with van der Waals surface area (Å²) < 4.78 is 11.6. The average molecular weight is 417 g/mol. The first kappa shape index (κ1) is 20.0. The Balaban J connectivity index is 1.61. The van der Waals surface area contributed by atoms with Crippen LogP contribution in [0.5, 0.6) is 5.75 Å². The van der Waals surface area contributed by atoms with Gasteiger partial charge in [0.25, 0.3) is 11.5 Å². The summed E-state index contributed by atoms with van der Waals surface area (Å²) in [6.45, 7) is 7.17. The second kappa shape index (κ2) is 7.84. The number of aromatic nitrogens is 1. The monoisotopic (exact) mass is 416 g/mol. The van der Waals surface area contributed by atoms with Gasteiger partial charge in [-0.2, -0.15) is 0 Å². The Morgan fingerprint density at radius 1 is 1.31 bits per heavy atom. The van der Waals surface area contributed by atoms with Crippen LogP contribution < -0.4 is 10.3 Å². The van der Waals surface area contributed by atoms with Crippen molar-refractivity contribution in [3.8, 4) is 5.75 Å². The fraction of sp³-hybridized carbons (Fsp3) is 0.455. The van der Waals surface area contributed by atoms with Crippen LogP contribution in [-0.2, 0) is 17.7 Å². The molecule has 2 aromatic rings. The Bertz CT molecular complexity index is 1020. The molecule has 0 spiro atoms. The Labute approximate surface area is 174 Å². The summed E-state index contributed by atoms with van der Waals surface area (Å²) in [5.41, 5.74) is 3.52. The van der Waals surface area contributed by atoms with Crippen molar-refractivity contribution < 1.29 is 14.3 Å². The minimum absolute atomic E-state index is 0.00876. The van der Waals surface area contributed by atoms with Crippen LogP contribution >= 0.6 is 11.6 Å². The van der Waals surface area contributed by atoms with Crippen molar-refractivity contribution in [3.05, 3.63) is 61.5 Å². The number of rotatable bonds is 4. The number of aromatic amines is 1. The van der Waals surface area contributed by atoms with Gasteiger partial charge in [-0.25, -0.2) is 0 Å². The van der Waals surface area contributed by atoms with Crippen LogP contribution in [0.4, 0.5) is 0 Å².